The van der Waals surface area contributed by atoms with E-state index in [1.165, 1.54) is 43.3 Å². The predicted molar refractivity (Wildman–Crippen MR) is 161 cm³/mol. The molecular weight excluding hydrogens is 496 g/mol. The van der Waals surface area contributed by atoms with Gasteiger partial charge in [-0.25, -0.2) is 10.4 Å². The Morgan fingerprint density at radius 1 is 0.784 bits per heavy atom. The van der Waals surface area contributed by atoms with Crippen molar-refractivity contribution in [1.82, 2.24) is 4.90 Å². The Hall–Kier alpha value is -0.526. The number of allylic oxidation sites excluding steroid dienone is 1. The van der Waals surface area contributed by atoms with Crippen molar-refractivity contribution >= 4 is 6.09 Å². The second-order valence-corrected chi connectivity index (χ2v) is 9.10. The van der Waals surface area contributed by atoms with E-state index in [4.69, 9.17) is 4.74 Å². The van der Waals surface area contributed by atoms with Crippen LogP contribution in [0.4, 0.5) is 4.79 Å². The van der Waals surface area contributed by atoms with Gasteiger partial charge in [-0.1, -0.05) is 100 Å². The molecule has 0 saturated heterocycles. The Labute approximate surface area is 247 Å². The summed E-state index contributed by atoms with van der Waals surface area (Å²) in [5, 5.41) is 11.9. The SMILES string of the molecule is CCCCC1=C([CH-]OC(=O)N(C(C)C)C(C)C)CCCC1.CC[N-]CC.CC[N-]CC.CC[N-]CC.[Ti+4]. The zero-order valence-corrected chi connectivity index (χ0v) is 28.1. The number of hydrogen-bond donors (Lipinski definition) is 0. The van der Waals surface area contributed by atoms with Gasteiger partial charge in [0.2, 0.25) is 0 Å². The van der Waals surface area contributed by atoms with Crippen LogP contribution in [0.1, 0.15) is 121 Å². The zero-order chi connectivity index (χ0) is 28.2. The zero-order valence-electron chi connectivity index (χ0n) is 26.5. The maximum Gasteiger partial charge on any atom is 4.00 e. The van der Waals surface area contributed by atoms with Gasteiger partial charge >= 0.3 is 27.8 Å². The number of nitrogens with zero attached hydrogens (tertiary/aromatic N) is 4. The third-order valence-corrected chi connectivity index (χ3v) is 5.43. The standard InChI is InChI=1S/C18H32NO2.3C4H10N.Ti/c1-6-7-10-16-11-8-9-12-17(16)13-21-18(20)19(14(2)3)15(4)5;3*1-3-5-4-2;/h13-15H,6-12H2,1-5H3;3*3-4H2,1-2H3;/q4*-1;+4. The Morgan fingerprint density at radius 2 is 1.19 bits per heavy atom. The van der Waals surface area contributed by atoms with E-state index in [1.54, 1.807) is 11.5 Å². The van der Waals surface area contributed by atoms with Crippen molar-refractivity contribution in [1.29, 1.82) is 0 Å². The maximum atomic E-state index is 12.2. The fraction of sp³-hybridized carbons (Fsp3) is 0.867. The van der Waals surface area contributed by atoms with Gasteiger partial charge in [0.1, 0.15) is 0 Å². The van der Waals surface area contributed by atoms with E-state index in [0.29, 0.717) is 0 Å². The second kappa shape index (κ2) is 33.5. The smallest absolute Gasteiger partial charge is 0.663 e. The molecule has 0 N–H and O–H groups in total. The molecule has 0 bridgehead atoms. The number of carbonyl (C=O) groups is 1. The summed E-state index contributed by atoms with van der Waals surface area (Å²) in [6, 6.07) is 0.316. The molecule has 0 fully saturated rings. The Kier molecular flexibility index (Phi) is 39.4. The van der Waals surface area contributed by atoms with Gasteiger partial charge in [0.25, 0.3) is 0 Å². The van der Waals surface area contributed by atoms with Gasteiger partial charge in [-0.3, -0.25) is 0 Å². The molecule has 0 radical (unpaired) electrons. The van der Waals surface area contributed by atoms with Gasteiger partial charge in [0, 0.05) is 12.1 Å². The van der Waals surface area contributed by atoms with Crippen molar-refractivity contribution in [2.75, 3.05) is 39.3 Å². The molecule has 0 atom stereocenters. The number of rotatable bonds is 13. The van der Waals surface area contributed by atoms with Crippen LogP contribution in [0, 0.1) is 6.61 Å². The van der Waals surface area contributed by atoms with Crippen molar-refractivity contribution in [3.05, 3.63) is 33.7 Å². The third kappa shape index (κ3) is 28.3. The molecule has 0 heterocycles. The second-order valence-electron chi connectivity index (χ2n) is 9.10. The van der Waals surface area contributed by atoms with E-state index in [-0.39, 0.29) is 39.9 Å². The molecule has 6 nitrogen and oxygen atoms in total. The quantitative estimate of drug-likeness (QED) is 0.167. The normalized spacial score (nSPS) is 12.2. The first kappa shape index (κ1) is 43.5. The first-order valence-corrected chi connectivity index (χ1v) is 14.6. The molecule has 218 valence electrons. The minimum absolute atomic E-state index is 0. The van der Waals surface area contributed by atoms with E-state index in [2.05, 4.69) is 22.9 Å². The molecule has 0 aromatic heterocycles. The van der Waals surface area contributed by atoms with Gasteiger partial charge in [-0.05, 0) is 27.7 Å². The molecule has 1 amide bonds. The Balaban J connectivity index is -0.000000278. The summed E-state index contributed by atoms with van der Waals surface area (Å²) in [5.74, 6) is 0. The third-order valence-electron chi connectivity index (χ3n) is 5.43. The van der Waals surface area contributed by atoms with E-state index in [0.717, 1.165) is 52.1 Å². The molecule has 0 aliphatic heterocycles. The first-order chi connectivity index (χ1) is 17.2. The summed E-state index contributed by atoms with van der Waals surface area (Å²) in [4.78, 5) is 14.0. The van der Waals surface area contributed by atoms with Crippen LogP contribution >= 0.6 is 0 Å². The van der Waals surface area contributed by atoms with Gasteiger partial charge in [0.15, 0.2) is 0 Å². The fourth-order valence-electron chi connectivity index (χ4n) is 3.68. The minimum atomic E-state index is -0.229. The Morgan fingerprint density at radius 3 is 1.51 bits per heavy atom. The fourth-order valence-corrected chi connectivity index (χ4v) is 3.68. The minimum Gasteiger partial charge on any atom is -0.663 e. The van der Waals surface area contributed by atoms with E-state index in [9.17, 15) is 4.79 Å². The van der Waals surface area contributed by atoms with Gasteiger partial charge in [-0.2, -0.15) is 44.8 Å². The van der Waals surface area contributed by atoms with E-state index < -0.39 is 0 Å². The summed E-state index contributed by atoms with van der Waals surface area (Å²) >= 11 is 0. The predicted octanol–water partition coefficient (Wildman–Crippen LogP) is 9.66. The van der Waals surface area contributed by atoms with Crippen LogP contribution in [0.2, 0.25) is 0 Å². The van der Waals surface area contributed by atoms with Crippen molar-refractivity contribution in [2.45, 2.75) is 133 Å². The molecule has 1 aliphatic carbocycles. The molecule has 0 unspecified atom stereocenters. The van der Waals surface area contributed by atoms with Crippen LogP contribution in [0.15, 0.2) is 11.1 Å². The van der Waals surface area contributed by atoms with Crippen LogP contribution in [-0.2, 0) is 26.5 Å². The van der Waals surface area contributed by atoms with Crippen LogP contribution in [0.3, 0.4) is 0 Å². The van der Waals surface area contributed by atoms with Crippen molar-refractivity contribution in [3.63, 3.8) is 0 Å². The first-order valence-electron chi connectivity index (χ1n) is 14.6. The molecule has 1 aliphatic rings. The van der Waals surface area contributed by atoms with Gasteiger partial charge in [-0.15, -0.1) is 0 Å². The average Bonchev–Trinajstić information content (AvgIpc) is 2.84. The van der Waals surface area contributed by atoms with Crippen molar-refractivity contribution in [3.8, 4) is 0 Å². The molecule has 0 saturated carbocycles. The summed E-state index contributed by atoms with van der Waals surface area (Å²) in [5.41, 5.74) is 2.76. The van der Waals surface area contributed by atoms with Crippen LogP contribution < -0.4 is 0 Å². The van der Waals surface area contributed by atoms with Crippen molar-refractivity contribution < 1.29 is 31.2 Å². The van der Waals surface area contributed by atoms with Crippen LogP contribution in [0.25, 0.3) is 16.0 Å². The summed E-state index contributed by atoms with van der Waals surface area (Å²) < 4.78 is 5.48. The summed E-state index contributed by atoms with van der Waals surface area (Å²) in [7, 11) is 0. The van der Waals surface area contributed by atoms with Gasteiger partial charge in [0.05, 0.1) is 0 Å². The molecule has 1 rings (SSSR count). The summed E-state index contributed by atoms with van der Waals surface area (Å²) in [6.45, 7) is 30.1. The average molecular weight is 559 g/mol. The summed E-state index contributed by atoms with van der Waals surface area (Å²) in [6.07, 6.45) is 8.06. The maximum absolute atomic E-state index is 12.2. The number of unbranched alkanes of at least 4 members (excludes halogenated alkanes) is 1. The van der Waals surface area contributed by atoms with Crippen molar-refractivity contribution in [2.24, 2.45) is 0 Å². The van der Waals surface area contributed by atoms with Crippen LogP contribution in [0.5, 0.6) is 0 Å². The molecule has 0 spiro atoms. The molecule has 0 aromatic rings. The number of ether oxygens (including phenoxy) is 1. The monoisotopic (exact) mass is 558 g/mol. The Bertz CT molecular complexity index is 472. The van der Waals surface area contributed by atoms with Gasteiger partial charge < -0.3 is 25.6 Å². The van der Waals surface area contributed by atoms with Crippen LogP contribution in [-0.4, -0.2) is 62.3 Å². The number of hydrogen-bond acceptors (Lipinski definition) is 2. The molecule has 37 heavy (non-hydrogen) atoms. The molecule has 0 aromatic carbocycles. The molecule has 7 heteroatoms. The number of carbonyl (C=O) groups excluding carboxylic acids is 1. The largest absolute Gasteiger partial charge is 4.00 e. The topological polar surface area (TPSA) is 71.8 Å². The van der Waals surface area contributed by atoms with E-state index in [1.807, 2.05) is 69.2 Å². The number of amides is 1. The van der Waals surface area contributed by atoms with E-state index >= 15 is 0 Å². The molecular formula is C30H62N4O2Ti.